The fourth-order valence-electron chi connectivity index (χ4n) is 4.02. The third-order valence-corrected chi connectivity index (χ3v) is 5.81. The predicted octanol–water partition coefficient (Wildman–Crippen LogP) is 2.49. The predicted molar refractivity (Wildman–Crippen MR) is 111 cm³/mol. The molecule has 8 nitrogen and oxygen atoms in total. The molecule has 4 rings (SSSR count). The zero-order valence-electron chi connectivity index (χ0n) is 17.7. The summed E-state index contributed by atoms with van der Waals surface area (Å²) >= 11 is 0. The van der Waals surface area contributed by atoms with E-state index in [0.717, 1.165) is 17.5 Å². The van der Waals surface area contributed by atoms with Gasteiger partial charge in [0.05, 0.1) is 31.2 Å². The fourth-order valence-corrected chi connectivity index (χ4v) is 4.02. The molecule has 162 valence electrons. The Hall–Kier alpha value is -3.29. The van der Waals surface area contributed by atoms with E-state index in [2.05, 4.69) is 5.10 Å². The van der Waals surface area contributed by atoms with Gasteiger partial charge >= 0.3 is 0 Å². The van der Waals surface area contributed by atoms with Crippen molar-refractivity contribution in [1.82, 2.24) is 9.78 Å². The summed E-state index contributed by atoms with van der Waals surface area (Å²) in [5.74, 6) is -2.02. The molecule has 0 atom stereocenters. The summed E-state index contributed by atoms with van der Waals surface area (Å²) in [5, 5.41) is 4.46. The first kappa shape index (κ1) is 21.0. The fraction of sp³-hybridized carbons (Fsp3) is 0.435. The lowest BCUT2D eigenvalue weighted by molar-refractivity contribution is -0.134. The zero-order chi connectivity index (χ0) is 22.3. The first-order valence-electron chi connectivity index (χ1n) is 10.3. The minimum absolute atomic E-state index is 0.0908. The quantitative estimate of drug-likeness (QED) is 0.518. The van der Waals surface area contributed by atoms with Crippen molar-refractivity contribution in [2.24, 2.45) is 11.8 Å². The van der Waals surface area contributed by atoms with Crippen LogP contribution in [-0.2, 0) is 9.59 Å². The van der Waals surface area contributed by atoms with E-state index < -0.39 is 28.8 Å². The molecule has 1 aromatic carbocycles. The van der Waals surface area contributed by atoms with Crippen molar-refractivity contribution >= 4 is 17.3 Å². The first-order chi connectivity index (χ1) is 14.8. The van der Waals surface area contributed by atoms with Crippen LogP contribution in [0.25, 0.3) is 5.69 Å². The van der Waals surface area contributed by atoms with Gasteiger partial charge in [0.2, 0.25) is 0 Å². The molecule has 1 heterocycles. The molecule has 0 saturated heterocycles. The monoisotopic (exact) mass is 424 g/mol. The lowest BCUT2D eigenvalue weighted by Gasteiger charge is -2.23. The molecule has 0 spiro atoms. The van der Waals surface area contributed by atoms with Crippen LogP contribution >= 0.6 is 0 Å². The van der Waals surface area contributed by atoms with Crippen LogP contribution in [0.2, 0.25) is 0 Å². The number of benzene rings is 1. The second kappa shape index (κ2) is 8.09. The van der Waals surface area contributed by atoms with E-state index in [9.17, 15) is 19.2 Å². The third kappa shape index (κ3) is 3.89. The largest absolute Gasteiger partial charge is 0.493 e. The van der Waals surface area contributed by atoms with E-state index in [0.29, 0.717) is 22.9 Å². The SMILES string of the molecule is COc1ccc(-n2nc(C3CC3)cc(C(=O)C3C(=O)CC(C)CC3=O)c2=O)cc1OC. The van der Waals surface area contributed by atoms with Gasteiger partial charge in [0.25, 0.3) is 5.56 Å². The highest BCUT2D eigenvalue weighted by atomic mass is 16.5. The van der Waals surface area contributed by atoms with Crippen molar-refractivity contribution in [3.63, 3.8) is 0 Å². The normalized spacial score (nSPS) is 21.1. The van der Waals surface area contributed by atoms with E-state index in [-0.39, 0.29) is 30.2 Å². The zero-order valence-corrected chi connectivity index (χ0v) is 17.7. The van der Waals surface area contributed by atoms with Gasteiger partial charge in [-0.3, -0.25) is 19.2 Å². The number of methoxy groups -OCH3 is 2. The molecular weight excluding hydrogens is 400 g/mol. The Morgan fingerprint density at radius 1 is 1.00 bits per heavy atom. The van der Waals surface area contributed by atoms with Gasteiger partial charge in [0.1, 0.15) is 5.92 Å². The molecule has 0 amide bonds. The number of Topliss-reactive ketones (excluding diaryl/α,β-unsaturated/α-hetero) is 3. The number of rotatable bonds is 6. The second-order valence-electron chi connectivity index (χ2n) is 8.26. The number of hydrogen-bond donors (Lipinski definition) is 0. The molecule has 2 aliphatic carbocycles. The van der Waals surface area contributed by atoms with Crippen LogP contribution < -0.4 is 15.0 Å². The molecule has 0 aliphatic heterocycles. The Balaban J connectivity index is 1.82. The highest BCUT2D eigenvalue weighted by Crippen LogP contribution is 2.39. The van der Waals surface area contributed by atoms with E-state index in [4.69, 9.17) is 9.47 Å². The molecule has 31 heavy (non-hydrogen) atoms. The van der Waals surface area contributed by atoms with E-state index >= 15 is 0 Å². The van der Waals surface area contributed by atoms with E-state index in [1.807, 2.05) is 0 Å². The molecular formula is C23H24N2O6. The maximum absolute atomic E-state index is 13.3. The highest BCUT2D eigenvalue weighted by Gasteiger charge is 2.41. The Kier molecular flexibility index (Phi) is 5.47. The first-order valence-corrected chi connectivity index (χ1v) is 10.3. The average molecular weight is 424 g/mol. The van der Waals surface area contributed by atoms with Crippen molar-refractivity contribution in [3.8, 4) is 17.2 Å². The lowest BCUT2D eigenvalue weighted by Crippen LogP contribution is -2.41. The third-order valence-electron chi connectivity index (χ3n) is 5.81. The molecule has 2 saturated carbocycles. The maximum Gasteiger partial charge on any atom is 0.282 e. The smallest absolute Gasteiger partial charge is 0.282 e. The summed E-state index contributed by atoms with van der Waals surface area (Å²) in [4.78, 5) is 51.5. The van der Waals surface area contributed by atoms with Crippen LogP contribution in [0, 0.1) is 11.8 Å². The minimum Gasteiger partial charge on any atom is -0.493 e. The van der Waals surface area contributed by atoms with E-state index in [1.54, 1.807) is 25.1 Å². The molecule has 0 bridgehead atoms. The van der Waals surface area contributed by atoms with Gasteiger partial charge in [-0.15, -0.1) is 0 Å². The number of ketones is 3. The molecule has 0 unspecified atom stereocenters. The van der Waals surface area contributed by atoms with Crippen LogP contribution in [-0.4, -0.2) is 41.3 Å². The molecule has 0 radical (unpaired) electrons. The van der Waals surface area contributed by atoms with E-state index in [1.165, 1.54) is 20.3 Å². The van der Waals surface area contributed by atoms with Crippen molar-refractivity contribution < 1.29 is 23.9 Å². The summed E-state index contributed by atoms with van der Waals surface area (Å²) in [7, 11) is 2.99. The summed E-state index contributed by atoms with van der Waals surface area (Å²) in [6, 6.07) is 6.33. The van der Waals surface area contributed by atoms with Crippen molar-refractivity contribution in [1.29, 1.82) is 0 Å². The summed E-state index contributed by atoms with van der Waals surface area (Å²) in [6.45, 7) is 1.80. The van der Waals surface area contributed by atoms with Crippen LogP contribution in [0.15, 0.2) is 29.1 Å². The average Bonchev–Trinajstić information content (AvgIpc) is 3.58. The summed E-state index contributed by atoms with van der Waals surface area (Å²) < 4.78 is 11.7. The standard InChI is InChI=1S/C23H24N2O6/c1-12-8-17(26)21(18(27)9-12)22(28)15-11-16(13-4-5-13)24-25(23(15)29)14-6-7-19(30-2)20(10-14)31-3/h6-7,10-13,21H,4-5,8-9H2,1-3H3. The minimum atomic E-state index is -1.41. The van der Waals surface area contributed by atoms with Crippen molar-refractivity contribution in [2.45, 2.75) is 38.5 Å². The number of ether oxygens (including phenoxy) is 2. The molecule has 0 N–H and O–H groups in total. The number of carbonyl (C=O) groups excluding carboxylic acids is 3. The molecule has 2 fully saturated rings. The van der Waals surface area contributed by atoms with Gasteiger partial charge in [0, 0.05) is 24.8 Å². The van der Waals surface area contributed by atoms with Gasteiger partial charge in [0.15, 0.2) is 28.8 Å². The van der Waals surface area contributed by atoms with Gasteiger partial charge in [-0.1, -0.05) is 6.92 Å². The maximum atomic E-state index is 13.3. The van der Waals surface area contributed by atoms with Crippen molar-refractivity contribution in [3.05, 3.63) is 45.9 Å². The van der Waals surface area contributed by atoms with Crippen LogP contribution in [0.5, 0.6) is 11.5 Å². The Morgan fingerprint density at radius 2 is 1.65 bits per heavy atom. The lowest BCUT2D eigenvalue weighted by atomic mass is 9.77. The van der Waals surface area contributed by atoms with Crippen LogP contribution in [0.3, 0.4) is 0 Å². The van der Waals surface area contributed by atoms with Gasteiger partial charge < -0.3 is 9.47 Å². The number of nitrogens with zero attached hydrogens (tertiary/aromatic N) is 2. The Labute approximate surface area is 179 Å². The number of hydrogen-bond acceptors (Lipinski definition) is 7. The van der Waals surface area contributed by atoms with Gasteiger partial charge in [-0.2, -0.15) is 9.78 Å². The topological polar surface area (TPSA) is 105 Å². The highest BCUT2D eigenvalue weighted by molar-refractivity contribution is 6.25. The van der Waals surface area contributed by atoms with Crippen LogP contribution in [0.4, 0.5) is 0 Å². The molecule has 2 aromatic rings. The summed E-state index contributed by atoms with van der Waals surface area (Å²) in [5.41, 5.74) is 0.157. The van der Waals surface area contributed by atoms with Gasteiger partial charge in [-0.05, 0) is 37.0 Å². The van der Waals surface area contributed by atoms with Gasteiger partial charge in [-0.25, -0.2) is 0 Å². The molecule has 8 heteroatoms. The number of aromatic nitrogens is 2. The Bertz CT molecular complexity index is 1110. The molecule has 1 aromatic heterocycles. The Morgan fingerprint density at radius 3 is 2.23 bits per heavy atom. The summed E-state index contributed by atoms with van der Waals surface area (Å²) in [6.07, 6.45) is 2.13. The second-order valence-corrected chi connectivity index (χ2v) is 8.26. The number of carbonyl (C=O) groups is 3. The molecule has 2 aliphatic rings. The van der Waals surface area contributed by atoms with Crippen molar-refractivity contribution in [2.75, 3.05) is 14.2 Å². The van der Waals surface area contributed by atoms with Crippen LogP contribution in [0.1, 0.15) is 54.6 Å².